The molecule has 0 aromatic heterocycles. The van der Waals surface area contributed by atoms with Crippen molar-refractivity contribution < 1.29 is 52.7 Å². The van der Waals surface area contributed by atoms with Gasteiger partial charge in [0.25, 0.3) is 0 Å². The molecule has 71 heavy (non-hydrogen) atoms. The number of fused-ring (bicyclic) bond motifs is 3. The lowest BCUT2D eigenvalue weighted by molar-refractivity contribution is -0.144. The lowest BCUT2D eigenvalue weighted by atomic mass is 9.87. The molecule has 0 bridgehead atoms. The Labute approximate surface area is 418 Å². The zero-order valence-electron chi connectivity index (χ0n) is 42.0. The summed E-state index contributed by atoms with van der Waals surface area (Å²) < 4.78 is 35.1. The van der Waals surface area contributed by atoms with Crippen LogP contribution in [-0.2, 0) is 38.1 Å². The highest BCUT2D eigenvalue weighted by molar-refractivity contribution is 6.00. The molecular weight excluding hydrogens is 903 g/mol. The van der Waals surface area contributed by atoms with Gasteiger partial charge in [-0.3, -0.25) is 19.4 Å². The number of nitrogens with zero attached hydrogens (tertiary/aromatic N) is 1. The fourth-order valence-electron chi connectivity index (χ4n) is 9.73. The molecule has 9 atom stereocenters. The van der Waals surface area contributed by atoms with Crippen LogP contribution >= 0.6 is 0 Å². The minimum Gasteiger partial charge on any atom is -0.494 e. The summed E-state index contributed by atoms with van der Waals surface area (Å²) in [6, 6.07) is 24.1. The normalized spacial score (nSPS) is 25.6. The fraction of sp³-hybridized carbons (Fsp3) is 0.491. The molecule has 0 unspecified atom stereocenters. The number of hydrogen-bond donors (Lipinski definition) is 3. The zero-order chi connectivity index (χ0) is 50.5. The van der Waals surface area contributed by atoms with E-state index >= 15 is 0 Å². The number of hydrogen-bond acceptors (Lipinski definition) is 12. The first-order chi connectivity index (χ1) is 34.2. The summed E-state index contributed by atoms with van der Waals surface area (Å²) in [6.07, 6.45) is 10.3. The van der Waals surface area contributed by atoms with Crippen molar-refractivity contribution in [3.05, 3.63) is 125 Å². The van der Waals surface area contributed by atoms with Crippen LogP contribution in [-0.4, -0.2) is 116 Å². The van der Waals surface area contributed by atoms with Crippen LogP contribution < -0.4 is 15.4 Å². The van der Waals surface area contributed by atoms with Crippen LogP contribution in [0, 0.1) is 5.92 Å². The van der Waals surface area contributed by atoms with Gasteiger partial charge in [-0.15, -0.1) is 0 Å². The lowest BCUT2D eigenvalue weighted by Crippen LogP contribution is -2.50. The fourth-order valence-corrected chi connectivity index (χ4v) is 9.73. The van der Waals surface area contributed by atoms with Crippen LogP contribution in [0.2, 0.25) is 0 Å². The van der Waals surface area contributed by atoms with Gasteiger partial charge in [-0.2, -0.15) is 0 Å². The first kappa shape index (κ1) is 52.9. The van der Waals surface area contributed by atoms with E-state index in [9.17, 15) is 24.3 Å². The Morgan fingerprint density at radius 2 is 1.62 bits per heavy atom. The summed E-state index contributed by atoms with van der Waals surface area (Å²) in [4.78, 5) is 54.0. The summed E-state index contributed by atoms with van der Waals surface area (Å²) in [7, 11) is 0. The molecule has 14 heteroatoms. The minimum atomic E-state index is -0.856. The number of allylic oxidation sites excluding steroid dienone is 2. The number of aliphatic hydroxyl groups is 1. The first-order valence-corrected chi connectivity index (χ1v) is 25.2. The van der Waals surface area contributed by atoms with E-state index in [1.807, 2.05) is 81.5 Å². The Bertz CT molecular complexity index is 2400. The number of rotatable bonds is 22. The highest BCUT2D eigenvalue weighted by atomic mass is 16.6. The summed E-state index contributed by atoms with van der Waals surface area (Å²) in [5.74, 6) is 0.242. The number of carbonyl (C=O) groups excluding carboxylic acids is 4. The minimum absolute atomic E-state index is 0.0141. The number of alkyl carbamates (subject to hydrolysis) is 1. The summed E-state index contributed by atoms with van der Waals surface area (Å²) in [6.45, 7) is 12.8. The highest BCUT2D eigenvalue weighted by Gasteiger charge is 2.58. The number of ketones is 1. The molecule has 3 saturated heterocycles. The molecule has 7 rings (SSSR count). The Kier molecular flexibility index (Phi) is 18.6. The van der Waals surface area contributed by atoms with E-state index in [-0.39, 0.29) is 54.7 Å². The lowest BCUT2D eigenvalue weighted by Gasteiger charge is -2.39. The number of nitrogens with one attached hydrogen (secondary N) is 2. The molecule has 2 amide bonds. The van der Waals surface area contributed by atoms with Gasteiger partial charge in [0, 0.05) is 44.0 Å². The number of ether oxygens (including phenoxy) is 6. The Balaban J connectivity index is 0.774. The van der Waals surface area contributed by atoms with Gasteiger partial charge in [0.2, 0.25) is 5.91 Å². The third-order valence-electron chi connectivity index (χ3n) is 13.8. The number of epoxide rings is 1. The number of esters is 1. The molecule has 3 aromatic carbocycles. The van der Waals surface area contributed by atoms with Gasteiger partial charge in [-0.25, -0.2) is 4.79 Å². The van der Waals surface area contributed by atoms with Crippen LogP contribution in [0.4, 0.5) is 4.79 Å². The molecule has 1 spiro atoms. The van der Waals surface area contributed by atoms with Crippen molar-refractivity contribution in [3.8, 4) is 16.9 Å². The Hall–Kier alpha value is -5.93. The molecule has 14 nitrogen and oxygen atoms in total. The van der Waals surface area contributed by atoms with Crippen LogP contribution in [0.25, 0.3) is 11.1 Å². The van der Waals surface area contributed by atoms with Crippen molar-refractivity contribution in [2.45, 2.75) is 141 Å². The number of aliphatic imine (C=N–C) groups is 1. The maximum atomic E-state index is 13.2. The maximum Gasteiger partial charge on any atom is 0.407 e. The highest BCUT2D eigenvalue weighted by Crippen LogP contribution is 2.45. The Morgan fingerprint density at radius 1 is 0.915 bits per heavy atom. The number of Topliss-reactive ketones (excluding diaryl/α,β-unsaturated/α-hetero) is 1. The largest absolute Gasteiger partial charge is 0.494 e. The predicted molar refractivity (Wildman–Crippen MR) is 271 cm³/mol. The van der Waals surface area contributed by atoms with E-state index < -0.39 is 42.1 Å². The van der Waals surface area contributed by atoms with Crippen molar-refractivity contribution >= 4 is 29.5 Å². The van der Waals surface area contributed by atoms with Crippen molar-refractivity contribution in [2.24, 2.45) is 10.9 Å². The number of carbonyl (C=O) groups is 4. The van der Waals surface area contributed by atoms with E-state index in [2.05, 4.69) is 52.9 Å². The molecule has 3 aromatic rings. The van der Waals surface area contributed by atoms with Crippen molar-refractivity contribution in [3.63, 3.8) is 0 Å². The average molecular weight is 974 g/mol. The quantitative estimate of drug-likeness (QED) is 0.0219. The SMILES string of the molecule is CC(=O)O[C@@H](C)/C=C\C(=O)N[C@@H]1C[C@H](C)[C@H](C/C=C(C)/C=C/[C@H]2O[C@H](CC(=O)CN=C(C)c3ccc(OCCCCCNC(=O)OCC4c5ccccc5-c5ccccc54)cc3)C[C@@]3(CO3)[C@@H]2O)O[C@@H]1C. The van der Waals surface area contributed by atoms with Gasteiger partial charge < -0.3 is 44.2 Å². The van der Waals surface area contributed by atoms with Gasteiger partial charge in [0.1, 0.15) is 36.3 Å². The predicted octanol–water partition coefficient (Wildman–Crippen LogP) is 8.53. The van der Waals surface area contributed by atoms with Crippen LogP contribution in [0.15, 0.2) is 114 Å². The second-order valence-electron chi connectivity index (χ2n) is 19.5. The monoisotopic (exact) mass is 974 g/mol. The molecular formula is C57H71N3O11. The number of benzene rings is 3. The van der Waals surface area contributed by atoms with E-state index in [1.165, 1.54) is 35.3 Å². The van der Waals surface area contributed by atoms with Gasteiger partial charge >= 0.3 is 12.1 Å². The van der Waals surface area contributed by atoms with Crippen molar-refractivity contribution in [1.29, 1.82) is 0 Å². The molecule has 3 aliphatic heterocycles. The number of unbranched alkanes of at least 4 members (excludes halogenated alkanes) is 2. The molecule has 3 fully saturated rings. The first-order valence-electron chi connectivity index (χ1n) is 25.2. The average Bonchev–Trinajstić information content (AvgIpc) is 4.05. The smallest absolute Gasteiger partial charge is 0.407 e. The molecule has 380 valence electrons. The molecule has 4 aliphatic rings. The van der Waals surface area contributed by atoms with E-state index in [0.29, 0.717) is 39.2 Å². The summed E-state index contributed by atoms with van der Waals surface area (Å²) in [5, 5.41) is 17.1. The number of amides is 2. The van der Waals surface area contributed by atoms with Gasteiger partial charge in [0.15, 0.2) is 5.78 Å². The van der Waals surface area contributed by atoms with Gasteiger partial charge in [-0.1, -0.05) is 79.3 Å². The van der Waals surface area contributed by atoms with Crippen LogP contribution in [0.1, 0.15) is 109 Å². The topological polar surface area (TPSA) is 184 Å². The van der Waals surface area contributed by atoms with Crippen molar-refractivity contribution in [1.82, 2.24) is 10.6 Å². The van der Waals surface area contributed by atoms with Gasteiger partial charge in [0.05, 0.1) is 44.1 Å². The second kappa shape index (κ2) is 24.9. The second-order valence-corrected chi connectivity index (χ2v) is 19.5. The van der Waals surface area contributed by atoms with E-state index in [4.69, 9.17) is 28.4 Å². The van der Waals surface area contributed by atoms with Gasteiger partial charge in [-0.05, 0) is 124 Å². The molecule has 0 radical (unpaired) electrons. The standard InChI is InChI=1S/C57H71N3O11/c1-36(18-25-52-37(2)30-51(40(5)70-52)60-54(63)27-20-38(3)69-41(6)61)19-26-53-55(64)57(35-68-57)32-45(71-53)31-43(62)33-59-39(4)42-21-23-44(24-22-42)66-29-13-7-12-28-58-56(65)67-34-50-48-16-10-8-14-46(48)47-15-9-11-17-49(47)50/h8-11,14-24,26-27,37-38,40,45,50-53,55,64H,7,12-13,25,28-35H2,1-6H3,(H,58,65)(H,60,63)/b26-19+,27-20-,36-18+,59-39?/t37-,38-,40+,45+,51+,52-,53+,55+,57+/m0/s1. The molecule has 0 saturated carbocycles. The van der Waals surface area contributed by atoms with E-state index in [1.54, 1.807) is 13.0 Å². The van der Waals surface area contributed by atoms with Crippen LogP contribution in [0.5, 0.6) is 5.75 Å². The molecule has 3 heterocycles. The molecule has 3 N–H and O–H groups in total. The maximum absolute atomic E-state index is 13.2. The Morgan fingerprint density at radius 3 is 2.31 bits per heavy atom. The third kappa shape index (κ3) is 14.8. The summed E-state index contributed by atoms with van der Waals surface area (Å²) in [5.41, 5.74) is 6.68. The van der Waals surface area contributed by atoms with Crippen molar-refractivity contribution in [2.75, 3.05) is 32.9 Å². The molecule has 1 aliphatic carbocycles. The van der Waals surface area contributed by atoms with Crippen LogP contribution in [0.3, 0.4) is 0 Å². The number of aliphatic hydroxyl groups excluding tert-OH is 1. The third-order valence-corrected chi connectivity index (χ3v) is 13.8. The van der Waals surface area contributed by atoms with E-state index in [0.717, 1.165) is 48.3 Å². The zero-order valence-corrected chi connectivity index (χ0v) is 42.0. The summed E-state index contributed by atoms with van der Waals surface area (Å²) >= 11 is 0.